The Bertz CT molecular complexity index is 912. The Kier molecular flexibility index (Phi) is 3.96. The molecule has 0 saturated heterocycles. The highest BCUT2D eigenvalue weighted by molar-refractivity contribution is 9.10. The second kappa shape index (κ2) is 6.15. The number of aromatic nitrogens is 2. The smallest absolute Gasteiger partial charge is 0.272 e. The van der Waals surface area contributed by atoms with E-state index in [2.05, 4.69) is 38.5 Å². The van der Waals surface area contributed by atoms with Gasteiger partial charge in [0, 0.05) is 10.2 Å². The zero-order chi connectivity index (χ0) is 17.4. The van der Waals surface area contributed by atoms with Gasteiger partial charge in [0.1, 0.15) is 0 Å². The third kappa shape index (κ3) is 3.12. The van der Waals surface area contributed by atoms with Gasteiger partial charge in [0.05, 0.1) is 11.2 Å². The molecular weight excluding hydrogens is 378 g/mol. The molecule has 3 aromatic rings. The fourth-order valence-electron chi connectivity index (χ4n) is 3.08. The van der Waals surface area contributed by atoms with Crippen LogP contribution in [0, 0.1) is 6.92 Å². The molecule has 0 radical (unpaired) electrons. The van der Waals surface area contributed by atoms with Gasteiger partial charge in [0.15, 0.2) is 5.69 Å². The predicted octanol–water partition coefficient (Wildman–Crippen LogP) is 4.36. The summed E-state index contributed by atoms with van der Waals surface area (Å²) in [7, 11) is 0. The Balaban J connectivity index is 1.57. The summed E-state index contributed by atoms with van der Waals surface area (Å²) in [5, 5.41) is 7.68. The Morgan fingerprint density at radius 1 is 1.12 bits per heavy atom. The molecule has 1 N–H and O–H groups in total. The molecule has 0 unspecified atom stereocenters. The second-order valence-electron chi connectivity index (χ2n) is 6.46. The number of nitrogens with one attached hydrogen (secondary N) is 1. The molecule has 0 bridgehead atoms. The van der Waals surface area contributed by atoms with Crippen LogP contribution in [0.2, 0.25) is 0 Å². The number of halogens is 1. The molecule has 1 aliphatic carbocycles. The fraction of sp³-hybridized carbons (Fsp3) is 0.200. The molecule has 0 aliphatic heterocycles. The monoisotopic (exact) mass is 395 g/mol. The van der Waals surface area contributed by atoms with Crippen molar-refractivity contribution in [1.82, 2.24) is 15.1 Å². The maximum absolute atomic E-state index is 12.7. The van der Waals surface area contributed by atoms with Gasteiger partial charge in [0.25, 0.3) is 5.91 Å². The van der Waals surface area contributed by atoms with E-state index in [1.165, 1.54) is 0 Å². The van der Waals surface area contributed by atoms with Crippen molar-refractivity contribution < 1.29 is 4.79 Å². The fourth-order valence-corrected chi connectivity index (χ4v) is 3.34. The minimum atomic E-state index is -0.248. The van der Waals surface area contributed by atoms with Gasteiger partial charge < -0.3 is 5.32 Å². The Labute approximate surface area is 155 Å². The average molecular weight is 396 g/mol. The minimum absolute atomic E-state index is 0.127. The third-order valence-corrected chi connectivity index (χ3v) is 5.15. The Hall–Kier alpha value is -2.40. The van der Waals surface area contributed by atoms with Crippen LogP contribution in [-0.2, 0) is 5.54 Å². The number of hydrogen-bond acceptors (Lipinski definition) is 2. The summed E-state index contributed by atoms with van der Waals surface area (Å²) < 4.78 is 2.84. The second-order valence-corrected chi connectivity index (χ2v) is 7.38. The number of aryl methyl sites for hydroxylation is 1. The summed E-state index contributed by atoms with van der Waals surface area (Å²) in [5.41, 5.74) is 3.23. The van der Waals surface area contributed by atoms with Crippen molar-refractivity contribution in [3.05, 3.63) is 82.1 Å². The van der Waals surface area contributed by atoms with Gasteiger partial charge in [-0.2, -0.15) is 5.10 Å². The van der Waals surface area contributed by atoms with E-state index in [-0.39, 0.29) is 11.4 Å². The quantitative estimate of drug-likeness (QED) is 0.712. The maximum Gasteiger partial charge on any atom is 0.272 e. The summed E-state index contributed by atoms with van der Waals surface area (Å²) in [5.74, 6) is -0.127. The minimum Gasteiger partial charge on any atom is -0.341 e. The van der Waals surface area contributed by atoms with Gasteiger partial charge in [-0.05, 0) is 55.7 Å². The van der Waals surface area contributed by atoms with E-state index in [9.17, 15) is 4.79 Å². The van der Waals surface area contributed by atoms with Crippen LogP contribution in [0.15, 0.2) is 65.1 Å². The molecule has 0 spiro atoms. The average Bonchev–Trinajstić information content (AvgIpc) is 3.29. The number of carbonyl (C=O) groups is 1. The number of nitrogens with zero attached hydrogens (tertiary/aromatic N) is 2. The van der Waals surface area contributed by atoms with Crippen LogP contribution in [0.1, 0.15) is 34.6 Å². The zero-order valence-electron chi connectivity index (χ0n) is 13.9. The lowest BCUT2D eigenvalue weighted by molar-refractivity contribution is 0.0925. The molecule has 2 aromatic carbocycles. The zero-order valence-corrected chi connectivity index (χ0v) is 15.5. The number of hydrogen-bond donors (Lipinski definition) is 1. The summed E-state index contributed by atoms with van der Waals surface area (Å²) >= 11 is 3.45. The Morgan fingerprint density at radius 3 is 2.44 bits per heavy atom. The van der Waals surface area contributed by atoms with Gasteiger partial charge in [-0.1, -0.05) is 46.3 Å². The van der Waals surface area contributed by atoms with Gasteiger partial charge in [-0.25, -0.2) is 4.68 Å². The lowest BCUT2D eigenvalue weighted by Gasteiger charge is -2.17. The van der Waals surface area contributed by atoms with Gasteiger partial charge in [-0.15, -0.1) is 0 Å². The molecule has 126 valence electrons. The summed E-state index contributed by atoms with van der Waals surface area (Å²) in [6, 6.07) is 19.8. The molecule has 1 saturated carbocycles. The number of carbonyl (C=O) groups excluding carboxylic acids is 1. The molecule has 1 amide bonds. The van der Waals surface area contributed by atoms with Crippen LogP contribution in [0.5, 0.6) is 0 Å². The number of rotatable bonds is 4. The van der Waals surface area contributed by atoms with E-state index in [0.717, 1.165) is 34.3 Å². The molecule has 1 heterocycles. The van der Waals surface area contributed by atoms with Gasteiger partial charge >= 0.3 is 0 Å². The molecule has 25 heavy (non-hydrogen) atoms. The normalized spacial score (nSPS) is 15.0. The van der Waals surface area contributed by atoms with Gasteiger partial charge in [-0.3, -0.25) is 4.79 Å². The predicted molar refractivity (Wildman–Crippen MR) is 101 cm³/mol. The number of para-hydroxylation sites is 1. The van der Waals surface area contributed by atoms with Crippen molar-refractivity contribution in [3.8, 4) is 5.69 Å². The van der Waals surface area contributed by atoms with E-state index in [1.54, 1.807) is 4.68 Å². The van der Waals surface area contributed by atoms with E-state index in [1.807, 2.05) is 55.5 Å². The summed E-state index contributed by atoms with van der Waals surface area (Å²) in [6.07, 6.45) is 1.91. The lowest BCUT2D eigenvalue weighted by Crippen LogP contribution is -2.35. The van der Waals surface area contributed by atoms with E-state index in [0.29, 0.717) is 5.69 Å². The molecular formula is C20H18BrN3O. The van der Waals surface area contributed by atoms with Crippen molar-refractivity contribution in [2.45, 2.75) is 25.3 Å². The first-order chi connectivity index (χ1) is 12.1. The number of amides is 1. The topological polar surface area (TPSA) is 46.9 Å². The summed E-state index contributed by atoms with van der Waals surface area (Å²) in [4.78, 5) is 12.7. The van der Waals surface area contributed by atoms with Crippen LogP contribution in [0.3, 0.4) is 0 Å². The molecule has 1 fully saturated rings. The molecule has 1 aliphatic rings. The maximum atomic E-state index is 12.7. The van der Waals surface area contributed by atoms with Crippen molar-refractivity contribution in [3.63, 3.8) is 0 Å². The summed E-state index contributed by atoms with van der Waals surface area (Å²) in [6.45, 7) is 1.96. The first-order valence-electron chi connectivity index (χ1n) is 8.28. The standard InChI is InChI=1S/C20H18BrN3O/c1-14-13-18(23-24(14)17-5-3-2-4-6-17)19(25)22-20(11-12-20)15-7-9-16(21)10-8-15/h2-10,13H,11-12H2,1H3,(H,22,25). The van der Waals surface area contributed by atoms with E-state index in [4.69, 9.17) is 0 Å². The molecule has 0 atom stereocenters. The van der Waals surface area contributed by atoms with Crippen LogP contribution >= 0.6 is 15.9 Å². The molecule has 4 nitrogen and oxygen atoms in total. The third-order valence-electron chi connectivity index (χ3n) is 4.62. The van der Waals surface area contributed by atoms with E-state index >= 15 is 0 Å². The van der Waals surface area contributed by atoms with Crippen molar-refractivity contribution in [2.24, 2.45) is 0 Å². The van der Waals surface area contributed by atoms with Crippen molar-refractivity contribution in [2.75, 3.05) is 0 Å². The van der Waals surface area contributed by atoms with E-state index < -0.39 is 0 Å². The van der Waals surface area contributed by atoms with Crippen LogP contribution in [0.4, 0.5) is 0 Å². The van der Waals surface area contributed by atoms with Crippen molar-refractivity contribution in [1.29, 1.82) is 0 Å². The highest BCUT2D eigenvalue weighted by atomic mass is 79.9. The first-order valence-corrected chi connectivity index (χ1v) is 9.07. The number of benzene rings is 2. The largest absolute Gasteiger partial charge is 0.341 e. The first kappa shape index (κ1) is 16.1. The SMILES string of the molecule is Cc1cc(C(=O)NC2(c3ccc(Br)cc3)CC2)nn1-c1ccccc1. The molecule has 5 heteroatoms. The van der Waals surface area contributed by atoms with Crippen LogP contribution in [0.25, 0.3) is 5.69 Å². The van der Waals surface area contributed by atoms with Crippen molar-refractivity contribution >= 4 is 21.8 Å². The van der Waals surface area contributed by atoms with Crippen LogP contribution < -0.4 is 5.32 Å². The highest BCUT2D eigenvalue weighted by Gasteiger charge is 2.46. The van der Waals surface area contributed by atoms with Gasteiger partial charge in [0.2, 0.25) is 0 Å². The van der Waals surface area contributed by atoms with Crippen LogP contribution in [-0.4, -0.2) is 15.7 Å². The highest BCUT2D eigenvalue weighted by Crippen LogP contribution is 2.45. The lowest BCUT2D eigenvalue weighted by atomic mass is 10.0. The Morgan fingerprint density at radius 2 is 1.80 bits per heavy atom. The molecule has 4 rings (SSSR count). The molecule has 1 aromatic heterocycles.